The molecule has 2 fully saturated rings. The Balaban J connectivity index is 1.88. The molecule has 16 heavy (non-hydrogen) atoms. The molecule has 1 aliphatic heterocycles. The molecule has 1 spiro atoms. The predicted octanol–water partition coefficient (Wildman–Crippen LogP) is 1.64. The summed E-state index contributed by atoms with van der Waals surface area (Å²) in [6, 6.07) is 2.09. The van der Waals surface area contributed by atoms with E-state index in [1.807, 2.05) is 6.20 Å². The van der Waals surface area contributed by atoms with Crippen molar-refractivity contribution in [1.29, 1.82) is 0 Å². The second-order valence-corrected chi connectivity index (χ2v) is 5.21. The second kappa shape index (κ2) is 3.45. The Morgan fingerprint density at radius 1 is 1.38 bits per heavy atom. The quantitative estimate of drug-likeness (QED) is 0.775. The monoisotopic (exact) mass is 217 g/mol. The van der Waals surface area contributed by atoms with E-state index in [-0.39, 0.29) is 0 Å². The molecule has 3 heteroatoms. The van der Waals surface area contributed by atoms with E-state index in [0.29, 0.717) is 5.54 Å². The van der Waals surface area contributed by atoms with Gasteiger partial charge in [0.15, 0.2) is 0 Å². The van der Waals surface area contributed by atoms with Crippen molar-refractivity contribution >= 4 is 5.82 Å². The Labute approximate surface area is 96.9 Å². The maximum Gasteiger partial charge on any atom is 0.131 e. The highest BCUT2D eigenvalue weighted by atomic mass is 15.3. The van der Waals surface area contributed by atoms with Gasteiger partial charge in [0.2, 0.25) is 0 Å². The number of nitrogens with zero attached hydrogens (tertiary/aromatic N) is 2. The number of aryl methyl sites for hydroxylation is 1. The lowest BCUT2D eigenvalue weighted by molar-refractivity contribution is 0.440. The third kappa shape index (κ3) is 1.59. The Hall–Kier alpha value is -1.09. The molecule has 1 aliphatic carbocycles. The highest BCUT2D eigenvalue weighted by Crippen LogP contribution is 2.38. The van der Waals surface area contributed by atoms with Crippen molar-refractivity contribution in [3.05, 3.63) is 23.4 Å². The van der Waals surface area contributed by atoms with Crippen LogP contribution < -0.4 is 10.2 Å². The SMILES string of the molecule is Cc1ccnc(N2CCNC3(CC3)C2)c1C. The van der Waals surface area contributed by atoms with Crippen molar-refractivity contribution in [2.24, 2.45) is 0 Å². The molecule has 0 atom stereocenters. The minimum atomic E-state index is 0.427. The first-order valence-electron chi connectivity index (χ1n) is 6.12. The molecule has 3 rings (SSSR count). The number of hydrogen-bond acceptors (Lipinski definition) is 3. The molecule has 1 saturated carbocycles. The van der Waals surface area contributed by atoms with Crippen molar-refractivity contribution in [3.8, 4) is 0 Å². The van der Waals surface area contributed by atoms with Gasteiger partial charge >= 0.3 is 0 Å². The normalized spacial score (nSPS) is 22.5. The molecule has 1 saturated heterocycles. The predicted molar refractivity (Wildman–Crippen MR) is 65.9 cm³/mol. The first-order chi connectivity index (χ1) is 7.70. The van der Waals surface area contributed by atoms with Crippen LogP contribution in [0.1, 0.15) is 24.0 Å². The van der Waals surface area contributed by atoms with Crippen molar-refractivity contribution in [2.45, 2.75) is 32.2 Å². The zero-order valence-corrected chi connectivity index (χ0v) is 10.1. The third-order valence-corrected chi connectivity index (χ3v) is 3.98. The van der Waals surface area contributed by atoms with Crippen LogP contribution in [0.3, 0.4) is 0 Å². The van der Waals surface area contributed by atoms with E-state index < -0.39 is 0 Å². The van der Waals surface area contributed by atoms with E-state index in [0.717, 1.165) is 19.6 Å². The van der Waals surface area contributed by atoms with Gasteiger partial charge < -0.3 is 10.2 Å². The lowest BCUT2D eigenvalue weighted by Gasteiger charge is -2.35. The van der Waals surface area contributed by atoms with E-state index in [1.54, 1.807) is 0 Å². The van der Waals surface area contributed by atoms with Gasteiger partial charge in [0.05, 0.1) is 0 Å². The zero-order valence-electron chi connectivity index (χ0n) is 10.1. The Bertz CT molecular complexity index is 410. The summed E-state index contributed by atoms with van der Waals surface area (Å²) in [6.45, 7) is 7.65. The fraction of sp³-hybridized carbons (Fsp3) is 0.615. The molecule has 0 radical (unpaired) electrons. The Kier molecular flexibility index (Phi) is 2.18. The topological polar surface area (TPSA) is 28.2 Å². The number of rotatable bonds is 1. The fourth-order valence-electron chi connectivity index (χ4n) is 2.56. The molecule has 1 aromatic rings. The molecular weight excluding hydrogens is 198 g/mol. The van der Waals surface area contributed by atoms with E-state index in [2.05, 4.69) is 35.1 Å². The minimum absolute atomic E-state index is 0.427. The van der Waals surface area contributed by atoms with E-state index in [4.69, 9.17) is 0 Å². The zero-order chi connectivity index (χ0) is 11.2. The number of anilines is 1. The first-order valence-corrected chi connectivity index (χ1v) is 6.12. The van der Waals surface area contributed by atoms with Crippen molar-refractivity contribution < 1.29 is 0 Å². The summed E-state index contributed by atoms with van der Waals surface area (Å²) >= 11 is 0. The molecule has 0 unspecified atom stereocenters. The summed E-state index contributed by atoms with van der Waals surface area (Å²) in [4.78, 5) is 7.00. The van der Waals surface area contributed by atoms with Gasteiger partial charge in [-0.05, 0) is 43.9 Å². The van der Waals surface area contributed by atoms with Gasteiger partial charge in [-0.2, -0.15) is 0 Å². The number of pyridine rings is 1. The lowest BCUT2D eigenvalue weighted by atomic mass is 10.1. The first kappa shape index (κ1) is 10.1. The average molecular weight is 217 g/mol. The molecule has 2 aliphatic rings. The maximum absolute atomic E-state index is 4.55. The number of nitrogens with one attached hydrogen (secondary N) is 1. The van der Waals surface area contributed by atoms with Crippen LogP contribution in [0.25, 0.3) is 0 Å². The average Bonchev–Trinajstić information content (AvgIpc) is 3.02. The summed E-state index contributed by atoms with van der Waals surface area (Å²) in [5.74, 6) is 1.19. The summed E-state index contributed by atoms with van der Waals surface area (Å²) in [6.07, 6.45) is 4.59. The van der Waals surface area contributed by atoms with Gasteiger partial charge in [0, 0.05) is 31.4 Å². The molecule has 2 heterocycles. The van der Waals surface area contributed by atoms with Gasteiger partial charge in [-0.25, -0.2) is 4.98 Å². The van der Waals surface area contributed by atoms with Crippen LogP contribution in [0.2, 0.25) is 0 Å². The van der Waals surface area contributed by atoms with Gasteiger partial charge in [-0.15, -0.1) is 0 Å². The van der Waals surface area contributed by atoms with Crippen LogP contribution in [0.4, 0.5) is 5.82 Å². The molecule has 0 amide bonds. The molecular formula is C13H19N3. The summed E-state index contributed by atoms with van der Waals surface area (Å²) in [7, 11) is 0. The number of aromatic nitrogens is 1. The van der Waals surface area contributed by atoms with Gasteiger partial charge in [0.25, 0.3) is 0 Å². The molecule has 0 aromatic carbocycles. The number of hydrogen-bond donors (Lipinski definition) is 1. The summed E-state index contributed by atoms with van der Waals surface area (Å²) in [5.41, 5.74) is 3.10. The standard InChI is InChI=1S/C13H19N3/c1-10-3-6-14-12(11(10)2)16-8-7-15-13(9-16)4-5-13/h3,6,15H,4-5,7-9H2,1-2H3. The van der Waals surface area contributed by atoms with Crippen molar-refractivity contribution in [3.63, 3.8) is 0 Å². The van der Waals surface area contributed by atoms with Gasteiger partial charge in [-0.3, -0.25) is 0 Å². The van der Waals surface area contributed by atoms with Gasteiger partial charge in [-0.1, -0.05) is 0 Å². The van der Waals surface area contributed by atoms with Gasteiger partial charge in [0.1, 0.15) is 5.82 Å². The summed E-state index contributed by atoms with van der Waals surface area (Å²) in [5, 5.41) is 3.63. The van der Waals surface area contributed by atoms with Crippen LogP contribution in [-0.4, -0.2) is 30.2 Å². The van der Waals surface area contributed by atoms with Crippen LogP contribution in [0, 0.1) is 13.8 Å². The Morgan fingerprint density at radius 3 is 2.94 bits per heavy atom. The van der Waals surface area contributed by atoms with Crippen LogP contribution in [-0.2, 0) is 0 Å². The molecule has 86 valence electrons. The fourth-order valence-corrected chi connectivity index (χ4v) is 2.56. The molecule has 1 aromatic heterocycles. The van der Waals surface area contributed by atoms with E-state index >= 15 is 0 Å². The third-order valence-electron chi connectivity index (χ3n) is 3.98. The summed E-state index contributed by atoms with van der Waals surface area (Å²) < 4.78 is 0. The van der Waals surface area contributed by atoms with E-state index in [1.165, 1.54) is 29.8 Å². The smallest absolute Gasteiger partial charge is 0.131 e. The molecule has 3 nitrogen and oxygen atoms in total. The number of piperazine rings is 1. The second-order valence-electron chi connectivity index (χ2n) is 5.21. The highest BCUT2D eigenvalue weighted by Gasteiger charge is 2.45. The van der Waals surface area contributed by atoms with E-state index in [9.17, 15) is 0 Å². The largest absolute Gasteiger partial charge is 0.353 e. The van der Waals surface area contributed by atoms with Crippen LogP contribution in [0.15, 0.2) is 12.3 Å². The van der Waals surface area contributed by atoms with Crippen molar-refractivity contribution in [1.82, 2.24) is 10.3 Å². The molecule has 0 bridgehead atoms. The lowest BCUT2D eigenvalue weighted by Crippen LogP contribution is -2.53. The van der Waals surface area contributed by atoms with Crippen molar-refractivity contribution in [2.75, 3.05) is 24.5 Å². The maximum atomic E-state index is 4.55. The highest BCUT2D eigenvalue weighted by molar-refractivity contribution is 5.50. The molecule has 1 N–H and O–H groups in total. The Morgan fingerprint density at radius 2 is 2.19 bits per heavy atom. The van der Waals surface area contributed by atoms with Crippen LogP contribution in [0.5, 0.6) is 0 Å². The minimum Gasteiger partial charge on any atom is -0.353 e. The van der Waals surface area contributed by atoms with Crippen LogP contribution >= 0.6 is 0 Å².